The fraction of sp³-hybridized carbons (Fsp3) is 0.429. The predicted molar refractivity (Wildman–Crippen MR) is 36.1 cm³/mol. The highest BCUT2D eigenvalue weighted by Crippen LogP contribution is 2.09. The summed E-state index contributed by atoms with van der Waals surface area (Å²) in [7, 11) is 0. The average molecular weight is 140 g/mol. The van der Waals surface area contributed by atoms with Crippen molar-refractivity contribution < 1.29 is 4.39 Å². The van der Waals surface area contributed by atoms with Gasteiger partial charge in [0.2, 0.25) is 0 Å². The van der Waals surface area contributed by atoms with Crippen LogP contribution in [0, 0.1) is 5.82 Å². The second-order valence-electron chi connectivity index (χ2n) is 2.52. The summed E-state index contributed by atoms with van der Waals surface area (Å²) in [6, 6.07) is 1.58. The molecule has 0 bridgehead atoms. The summed E-state index contributed by atoms with van der Waals surface area (Å²) in [6.45, 7) is 2.63. The topological polar surface area (TPSA) is 17.0 Å². The second kappa shape index (κ2) is 2.09. The third-order valence-electron chi connectivity index (χ3n) is 1.79. The van der Waals surface area contributed by atoms with Crippen LogP contribution in [0.1, 0.15) is 5.69 Å². The summed E-state index contributed by atoms with van der Waals surface area (Å²) in [5, 5.41) is 3.17. The lowest BCUT2D eigenvalue weighted by Crippen LogP contribution is -2.27. The van der Waals surface area contributed by atoms with Crippen LogP contribution in [0.25, 0.3) is 0 Å². The molecule has 0 radical (unpaired) electrons. The van der Waals surface area contributed by atoms with Crippen molar-refractivity contribution in [2.45, 2.75) is 13.1 Å². The van der Waals surface area contributed by atoms with Crippen LogP contribution in [0.2, 0.25) is 0 Å². The summed E-state index contributed by atoms with van der Waals surface area (Å²) >= 11 is 0. The molecule has 0 aliphatic carbocycles. The van der Waals surface area contributed by atoms with Crippen LogP contribution in [-0.4, -0.2) is 11.1 Å². The molecule has 54 valence electrons. The van der Waals surface area contributed by atoms with E-state index in [0.717, 1.165) is 25.3 Å². The van der Waals surface area contributed by atoms with Crippen LogP contribution < -0.4 is 5.32 Å². The standard InChI is InChI=1S/C7H9FN2/c8-6-3-7-4-9-1-2-10(7)5-6/h3,5,9H,1-2,4H2. The van der Waals surface area contributed by atoms with Crippen LogP contribution in [0.5, 0.6) is 0 Å². The number of hydrogen-bond donors (Lipinski definition) is 1. The van der Waals surface area contributed by atoms with Gasteiger partial charge in [0.05, 0.1) is 0 Å². The Kier molecular flexibility index (Phi) is 1.24. The first kappa shape index (κ1) is 5.92. The Balaban J connectivity index is 2.41. The Morgan fingerprint density at radius 3 is 3.30 bits per heavy atom. The summed E-state index contributed by atoms with van der Waals surface area (Å²) in [6.07, 6.45) is 1.55. The van der Waals surface area contributed by atoms with Crippen molar-refractivity contribution in [1.82, 2.24) is 9.88 Å². The van der Waals surface area contributed by atoms with E-state index in [0.29, 0.717) is 0 Å². The molecular weight excluding hydrogens is 131 g/mol. The van der Waals surface area contributed by atoms with E-state index in [9.17, 15) is 4.39 Å². The van der Waals surface area contributed by atoms with Crippen molar-refractivity contribution in [3.8, 4) is 0 Å². The van der Waals surface area contributed by atoms with Gasteiger partial charge in [0.15, 0.2) is 0 Å². The molecule has 0 spiro atoms. The van der Waals surface area contributed by atoms with Gasteiger partial charge in [-0.1, -0.05) is 0 Å². The van der Waals surface area contributed by atoms with Gasteiger partial charge in [-0.15, -0.1) is 0 Å². The van der Waals surface area contributed by atoms with E-state index in [1.54, 1.807) is 12.3 Å². The maximum atomic E-state index is 12.5. The van der Waals surface area contributed by atoms with E-state index in [1.807, 2.05) is 4.57 Å². The van der Waals surface area contributed by atoms with Gasteiger partial charge < -0.3 is 9.88 Å². The van der Waals surface area contributed by atoms with Gasteiger partial charge in [0.25, 0.3) is 0 Å². The highest BCUT2D eigenvalue weighted by atomic mass is 19.1. The molecule has 2 heterocycles. The molecule has 0 fully saturated rings. The van der Waals surface area contributed by atoms with E-state index in [4.69, 9.17) is 0 Å². The number of hydrogen-bond acceptors (Lipinski definition) is 1. The first-order chi connectivity index (χ1) is 4.86. The zero-order chi connectivity index (χ0) is 6.97. The first-order valence-corrected chi connectivity index (χ1v) is 3.41. The molecule has 0 unspecified atom stereocenters. The largest absolute Gasteiger partial charge is 0.346 e. The molecule has 3 heteroatoms. The number of fused-ring (bicyclic) bond motifs is 1. The van der Waals surface area contributed by atoms with Crippen molar-refractivity contribution in [2.24, 2.45) is 0 Å². The molecule has 0 saturated carbocycles. The van der Waals surface area contributed by atoms with Gasteiger partial charge in [-0.25, -0.2) is 4.39 Å². The highest BCUT2D eigenvalue weighted by Gasteiger charge is 2.08. The average Bonchev–Trinajstić information content (AvgIpc) is 2.27. The number of rotatable bonds is 0. The molecule has 0 saturated heterocycles. The van der Waals surface area contributed by atoms with E-state index in [-0.39, 0.29) is 5.82 Å². The van der Waals surface area contributed by atoms with Gasteiger partial charge in [-0.3, -0.25) is 0 Å². The Bertz CT molecular complexity index is 218. The molecule has 1 aromatic heterocycles. The molecule has 1 aliphatic heterocycles. The Morgan fingerprint density at radius 2 is 2.50 bits per heavy atom. The van der Waals surface area contributed by atoms with E-state index < -0.39 is 0 Å². The van der Waals surface area contributed by atoms with Crippen LogP contribution in [-0.2, 0) is 13.1 Å². The van der Waals surface area contributed by atoms with Crippen molar-refractivity contribution in [2.75, 3.05) is 6.54 Å². The molecule has 0 aromatic carbocycles. The minimum Gasteiger partial charge on any atom is -0.346 e. The fourth-order valence-corrected chi connectivity index (χ4v) is 1.29. The zero-order valence-electron chi connectivity index (χ0n) is 5.60. The third-order valence-corrected chi connectivity index (χ3v) is 1.79. The molecule has 0 amide bonds. The predicted octanol–water partition coefficient (Wildman–Crippen LogP) is 0.730. The summed E-state index contributed by atoms with van der Waals surface area (Å²) in [5.41, 5.74) is 1.05. The second-order valence-corrected chi connectivity index (χ2v) is 2.52. The fourth-order valence-electron chi connectivity index (χ4n) is 1.29. The molecule has 1 aromatic rings. The zero-order valence-corrected chi connectivity index (χ0v) is 5.60. The van der Waals surface area contributed by atoms with Crippen LogP contribution >= 0.6 is 0 Å². The van der Waals surface area contributed by atoms with E-state index in [2.05, 4.69) is 5.32 Å². The number of aromatic nitrogens is 1. The lowest BCUT2D eigenvalue weighted by molar-refractivity contribution is 0.514. The maximum absolute atomic E-state index is 12.5. The smallest absolute Gasteiger partial charge is 0.141 e. The Morgan fingerprint density at radius 1 is 1.60 bits per heavy atom. The molecule has 2 nitrogen and oxygen atoms in total. The van der Waals surface area contributed by atoms with Gasteiger partial charge in [0, 0.05) is 31.5 Å². The normalized spacial score (nSPS) is 16.9. The van der Waals surface area contributed by atoms with Crippen LogP contribution in [0.3, 0.4) is 0 Å². The monoisotopic (exact) mass is 140 g/mol. The van der Waals surface area contributed by atoms with Crippen molar-refractivity contribution in [3.05, 3.63) is 23.8 Å². The summed E-state index contributed by atoms with van der Waals surface area (Å²) < 4.78 is 14.5. The summed E-state index contributed by atoms with van der Waals surface area (Å²) in [5.74, 6) is -0.126. The Labute approximate surface area is 58.7 Å². The minimum absolute atomic E-state index is 0.126. The lowest BCUT2D eigenvalue weighted by Gasteiger charge is -2.15. The highest BCUT2D eigenvalue weighted by molar-refractivity contribution is 5.10. The van der Waals surface area contributed by atoms with E-state index in [1.165, 1.54) is 0 Å². The van der Waals surface area contributed by atoms with Crippen molar-refractivity contribution >= 4 is 0 Å². The maximum Gasteiger partial charge on any atom is 0.141 e. The van der Waals surface area contributed by atoms with Gasteiger partial charge >= 0.3 is 0 Å². The molecule has 1 aliphatic rings. The quantitative estimate of drug-likeness (QED) is 0.562. The SMILES string of the molecule is Fc1cc2n(c1)CCNC2. The Hall–Kier alpha value is -0.830. The van der Waals surface area contributed by atoms with Gasteiger partial charge in [0.1, 0.15) is 5.82 Å². The number of nitrogens with one attached hydrogen (secondary N) is 1. The van der Waals surface area contributed by atoms with E-state index >= 15 is 0 Å². The molecule has 0 atom stereocenters. The number of halogens is 1. The molecule has 1 N–H and O–H groups in total. The third kappa shape index (κ3) is 0.827. The molecule has 10 heavy (non-hydrogen) atoms. The van der Waals surface area contributed by atoms with Crippen LogP contribution in [0.4, 0.5) is 4.39 Å². The minimum atomic E-state index is -0.126. The number of nitrogens with zero attached hydrogens (tertiary/aromatic N) is 1. The summed E-state index contributed by atoms with van der Waals surface area (Å²) in [4.78, 5) is 0. The molecule has 2 rings (SSSR count). The van der Waals surface area contributed by atoms with Gasteiger partial charge in [-0.2, -0.15) is 0 Å². The van der Waals surface area contributed by atoms with Crippen molar-refractivity contribution in [3.63, 3.8) is 0 Å². The van der Waals surface area contributed by atoms with Crippen molar-refractivity contribution in [1.29, 1.82) is 0 Å². The lowest BCUT2D eigenvalue weighted by atomic mass is 10.3. The first-order valence-electron chi connectivity index (χ1n) is 3.41. The molecular formula is C7H9FN2. The van der Waals surface area contributed by atoms with Crippen LogP contribution in [0.15, 0.2) is 12.3 Å². The van der Waals surface area contributed by atoms with Gasteiger partial charge in [-0.05, 0) is 6.07 Å².